The highest BCUT2D eigenvalue weighted by molar-refractivity contribution is 8.00. The van der Waals surface area contributed by atoms with E-state index < -0.39 is 0 Å². The summed E-state index contributed by atoms with van der Waals surface area (Å²) < 4.78 is 0. The van der Waals surface area contributed by atoms with Crippen molar-refractivity contribution < 1.29 is 0 Å². The first-order valence-electron chi connectivity index (χ1n) is 7.03. The Hall–Kier alpha value is -0.810. The normalized spacial score (nSPS) is 20.0. The van der Waals surface area contributed by atoms with Gasteiger partial charge in [-0.1, -0.05) is 20.8 Å². The van der Waals surface area contributed by atoms with Gasteiger partial charge in [0.15, 0.2) is 0 Å². The minimum atomic E-state index is 0.663. The van der Waals surface area contributed by atoms with Gasteiger partial charge in [0.2, 0.25) is 0 Å². The number of nitrogens with zero attached hydrogens (tertiary/aromatic N) is 3. The summed E-state index contributed by atoms with van der Waals surface area (Å²) in [7, 11) is 0. The lowest BCUT2D eigenvalue weighted by atomic mass is 10.2. The van der Waals surface area contributed by atoms with Gasteiger partial charge in [0.25, 0.3) is 0 Å². The van der Waals surface area contributed by atoms with Gasteiger partial charge in [-0.25, -0.2) is 4.98 Å². The lowest BCUT2D eigenvalue weighted by molar-refractivity contribution is 0.547. The molecule has 0 bridgehead atoms. The fourth-order valence-electron chi connectivity index (χ4n) is 2.15. The van der Waals surface area contributed by atoms with E-state index in [0.29, 0.717) is 11.2 Å². The van der Waals surface area contributed by atoms with Crippen LogP contribution >= 0.6 is 11.8 Å². The minimum Gasteiger partial charge on any atom is -0.353 e. The number of rotatable bonds is 5. The molecule has 0 aliphatic carbocycles. The molecule has 1 aliphatic heterocycles. The van der Waals surface area contributed by atoms with E-state index in [9.17, 15) is 0 Å². The summed E-state index contributed by atoms with van der Waals surface area (Å²) in [5.41, 5.74) is 1.03. The molecule has 0 saturated carbocycles. The number of hydrogen-bond donors (Lipinski definition) is 1. The van der Waals surface area contributed by atoms with Crippen molar-refractivity contribution in [2.45, 2.75) is 32.6 Å². The van der Waals surface area contributed by atoms with Crippen LogP contribution in [-0.2, 0) is 6.54 Å². The van der Waals surface area contributed by atoms with Gasteiger partial charge in [0.1, 0.15) is 5.82 Å². The van der Waals surface area contributed by atoms with Crippen molar-refractivity contribution in [1.29, 1.82) is 0 Å². The highest BCUT2D eigenvalue weighted by Gasteiger charge is 2.18. The second kappa shape index (κ2) is 7.10. The molecule has 0 amide bonds. The lowest BCUT2D eigenvalue weighted by Gasteiger charge is -2.31. The third kappa shape index (κ3) is 4.66. The highest BCUT2D eigenvalue weighted by atomic mass is 32.2. The maximum absolute atomic E-state index is 4.72. The van der Waals surface area contributed by atoms with Crippen LogP contribution in [0.25, 0.3) is 0 Å². The van der Waals surface area contributed by atoms with E-state index in [-0.39, 0.29) is 0 Å². The van der Waals surface area contributed by atoms with Crippen LogP contribution in [0.2, 0.25) is 0 Å². The van der Waals surface area contributed by atoms with Crippen LogP contribution in [0.15, 0.2) is 12.4 Å². The third-order valence-electron chi connectivity index (χ3n) is 3.10. The smallest absolute Gasteiger partial charge is 0.147 e. The molecule has 1 aliphatic rings. The second-order valence-electron chi connectivity index (χ2n) is 5.52. The molecule has 2 rings (SSSR count). The van der Waals surface area contributed by atoms with E-state index >= 15 is 0 Å². The van der Waals surface area contributed by atoms with Crippen LogP contribution < -0.4 is 10.2 Å². The Labute approximate surface area is 120 Å². The largest absolute Gasteiger partial charge is 0.353 e. The van der Waals surface area contributed by atoms with Gasteiger partial charge >= 0.3 is 0 Å². The third-order valence-corrected chi connectivity index (χ3v) is 4.23. The molecule has 1 unspecified atom stereocenters. The maximum Gasteiger partial charge on any atom is 0.147 e. The predicted octanol–water partition coefficient (Wildman–Crippen LogP) is 2.16. The summed E-state index contributed by atoms with van der Waals surface area (Å²) in [6.07, 6.45) is 3.74. The number of nitrogens with one attached hydrogen (secondary N) is 1. The summed E-state index contributed by atoms with van der Waals surface area (Å²) in [6.45, 7) is 10.7. The number of aromatic nitrogens is 2. The Kier molecular flexibility index (Phi) is 5.45. The zero-order valence-corrected chi connectivity index (χ0v) is 12.9. The lowest BCUT2D eigenvalue weighted by Crippen LogP contribution is -2.37. The fraction of sp³-hybridized carbons (Fsp3) is 0.714. The van der Waals surface area contributed by atoms with Gasteiger partial charge < -0.3 is 10.2 Å². The summed E-state index contributed by atoms with van der Waals surface area (Å²) >= 11 is 2.04. The molecule has 1 N–H and O–H groups in total. The standard InChI is InChI=1S/C14H24N4S/c1-11(2)6-15-7-13-8-16-9-14(17-13)18-4-5-19-12(3)10-18/h8-9,11-12,15H,4-7,10H2,1-3H3. The molecule has 5 heteroatoms. The molecule has 1 saturated heterocycles. The molecular weight excluding hydrogens is 256 g/mol. The highest BCUT2D eigenvalue weighted by Crippen LogP contribution is 2.21. The molecule has 4 nitrogen and oxygen atoms in total. The number of hydrogen-bond acceptors (Lipinski definition) is 5. The zero-order chi connectivity index (χ0) is 13.7. The van der Waals surface area contributed by atoms with Crippen LogP contribution in [0.5, 0.6) is 0 Å². The molecule has 0 spiro atoms. The summed E-state index contributed by atoms with van der Waals surface area (Å²) in [4.78, 5) is 11.4. The molecular formula is C14H24N4S. The first-order chi connectivity index (χ1) is 9.15. The average molecular weight is 280 g/mol. The van der Waals surface area contributed by atoms with Crippen molar-refractivity contribution in [3.63, 3.8) is 0 Å². The molecule has 19 heavy (non-hydrogen) atoms. The molecule has 2 heterocycles. The Morgan fingerprint density at radius 3 is 3.05 bits per heavy atom. The van der Waals surface area contributed by atoms with Crippen LogP contribution in [-0.4, -0.2) is 40.6 Å². The van der Waals surface area contributed by atoms with Gasteiger partial charge in [0.05, 0.1) is 11.9 Å². The van der Waals surface area contributed by atoms with Gasteiger partial charge in [-0.2, -0.15) is 11.8 Å². The van der Waals surface area contributed by atoms with Crippen LogP contribution in [0.4, 0.5) is 5.82 Å². The molecule has 1 aromatic heterocycles. The van der Waals surface area contributed by atoms with E-state index in [4.69, 9.17) is 4.98 Å². The molecule has 106 valence electrons. The minimum absolute atomic E-state index is 0.663. The quantitative estimate of drug-likeness (QED) is 0.895. The first-order valence-corrected chi connectivity index (χ1v) is 8.08. The Bertz CT molecular complexity index is 397. The summed E-state index contributed by atoms with van der Waals surface area (Å²) in [5.74, 6) is 2.87. The van der Waals surface area contributed by atoms with Gasteiger partial charge in [-0.15, -0.1) is 0 Å². The van der Waals surface area contributed by atoms with E-state index in [2.05, 4.69) is 36.0 Å². The van der Waals surface area contributed by atoms with Gasteiger partial charge in [-0.3, -0.25) is 4.98 Å². The molecule has 0 aromatic carbocycles. The SMILES string of the molecule is CC(C)CNCc1cncc(N2CCSC(C)C2)n1. The Morgan fingerprint density at radius 1 is 1.47 bits per heavy atom. The average Bonchev–Trinajstić information content (AvgIpc) is 2.39. The molecule has 1 aromatic rings. The summed E-state index contributed by atoms with van der Waals surface area (Å²) in [5, 5.41) is 4.09. The van der Waals surface area contributed by atoms with Crippen molar-refractivity contribution in [3.8, 4) is 0 Å². The molecule has 1 fully saturated rings. The topological polar surface area (TPSA) is 41.1 Å². The van der Waals surface area contributed by atoms with Crippen LogP contribution in [0, 0.1) is 5.92 Å². The van der Waals surface area contributed by atoms with Crippen molar-refractivity contribution >= 4 is 17.6 Å². The van der Waals surface area contributed by atoms with Crippen molar-refractivity contribution in [1.82, 2.24) is 15.3 Å². The fourth-order valence-corrected chi connectivity index (χ4v) is 3.16. The number of anilines is 1. The van der Waals surface area contributed by atoms with E-state index in [0.717, 1.165) is 37.7 Å². The Morgan fingerprint density at radius 2 is 2.32 bits per heavy atom. The monoisotopic (exact) mass is 280 g/mol. The molecule has 0 radical (unpaired) electrons. The number of thioether (sulfide) groups is 1. The summed E-state index contributed by atoms with van der Waals surface area (Å²) in [6, 6.07) is 0. The first kappa shape index (κ1) is 14.6. The second-order valence-corrected chi connectivity index (χ2v) is 7.07. The predicted molar refractivity (Wildman–Crippen MR) is 82.7 cm³/mol. The molecule has 1 atom stereocenters. The zero-order valence-electron chi connectivity index (χ0n) is 12.1. The van der Waals surface area contributed by atoms with Crippen molar-refractivity contribution in [2.24, 2.45) is 5.92 Å². The van der Waals surface area contributed by atoms with Crippen molar-refractivity contribution in [2.75, 3.05) is 30.3 Å². The van der Waals surface area contributed by atoms with Gasteiger partial charge in [-0.05, 0) is 12.5 Å². The van der Waals surface area contributed by atoms with E-state index in [1.807, 2.05) is 24.2 Å². The van der Waals surface area contributed by atoms with Crippen LogP contribution in [0.1, 0.15) is 26.5 Å². The van der Waals surface area contributed by atoms with E-state index in [1.165, 1.54) is 5.75 Å². The van der Waals surface area contributed by atoms with Crippen LogP contribution in [0.3, 0.4) is 0 Å². The Balaban J connectivity index is 1.94. The van der Waals surface area contributed by atoms with E-state index in [1.54, 1.807) is 0 Å². The maximum atomic E-state index is 4.72. The van der Waals surface area contributed by atoms with Crippen molar-refractivity contribution in [3.05, 3.63) is 18.1 Å². The van der Waals surface area contributed by atoms with Gasteiger partial charge in [0, 0.05) is 36.8 Å².